The first-order valence-corrected chi connectivity index (χ1v) is 10.6. The number of hydrogen-bond acceptors (Lipinski definition) is 5. The Morgan fingerprint density at radius 1 is 1.27 bits per heavy atom. The normalized spacial score (nSPS) is 13.8. The van der Waals surface area contributed by atoms with Gasteiger partial charge >= 0.3 is 0 Å². The third-order valence-corrected chi connectivity index (χ3v) is 6.54. The second-order valence-electron chi connectivity index (χ2n) is 6.22. The van der Waals surface area contributed by atoms with E-state index >= 15 is 0 Å². The number of amides is 1. The monoisotopic (exact) mass is 389 g/mol. The zero-order valence-electron chi connectivity index (χ0n) is 14.8. The van der Waals surface area contributed by atoms with E-state index in [0.29, 0.717) is 18.2 Å². The number of carbonyl (C=O) groups is 1. The highest BCUT2D eigenvalue weighted by Crippen LogP contribution is 2.34. The van der Waals surface area contributed by atoms with Crippen LogP contribution in [0.2, 0.25) is 0 Å². The quantitative estimate of drug-likeness (QED) is 0.342. The molecule has 1 amide bonds. The average molecular weight is 390 g/mol. The van der Waals surface area contributed by atoms with Crippen molar-refractivity contribution in [3.8, 4) is 0 Å². The van der Waals surface area contributed by atoms with Crippen LogP contribution < -0.4 is 10.9 Å². The predicted octanol–water partition coefficient (Wildman–Crippen LogP) is 3.31. The fourth-order valence-corrected chi connectivity index (χ4v) is 5.30. The Hall–Kier alpha value is -1.86. The largest absolute Gasteiger partial charge is 0.352 e. The van der Waals surface area contributed by atoms with Gasteiger partial charge < -0.3 is 5.32 Å². The molecule has 138 valence electrons. The van der Waals surface area contributed by atoms with Gasteiger partial charge in [-0.15, -0.1) is 24.5 Å². The first-order chi connectivity index (χ1) is 12.7. The maximum Gasteiger partial charge on any atom is 0.263 e. The Labute approximate surface area is 161 Å². The van der Waals surface area contributed by atoms with Gasteiger partial charge in [0.25, 0.3) is 5.56 Å². The zero-order chi connectivity index (χ0) is 18.5. The number of nitrogens with zero attached hydrogens (tertiary/aromatic N) is 2. The molecule has 1 N–H and O–H groups in total. The molecular weight excluding hydrogens is 366 g/mol. The van der Waals surface area contributed by atoms with Crippen LogP contribution in [0.15, 0.2) is 35.3 Å². The van der Waals surface area contributed by atoms with Gasteiger partial charge in [0, 0.05) is 18.0 Å². The maximum absolute atomic E-state index is 13.2. The average Bonchev–Trinajstić information content (AvgIpc) is 2.82. The fourth-order valence-electron chi connectivity index (χ4n) is 3.16. The van der Waals surface area contributed by atoms with Crippen molar-refractivity contribution in [2.24, 2.45) is 0 Å². The van der Waals surface area contributed by atoms with Crippen LogP contribution in [0.3, 0.4) is 0 Å². The van der Waals surface area contributed by atoms with Gasteiger partial charge in [0.15, 0.2) is 5.16 Å². The SMILES string of the molecule is C=CCNC(=O)CSc1nc2sc3c(c2c(=O)n1CC=C)CCCCC3. The zero-order valence-corrected chi connectivity index (χ0v) is 16.4. The van der Waals surface area contributed by atoms with Crippen molar-refractivity contribution in [2.75, 3.05) is 12.3 Å². The molecule has 3 rings (SSSR count). The number of rotatable bonds is 7. The molecule has 2 aromatic rings. The van der Waals surface area contributed by atoms with E-state index in [1.165, 1.54) is 35.0 Å². The first kappa shape index (κ1) is 18.9. The molecule has 1 aliphatic rings. The summed E-state index contributed by atoms with van der Waals surface area (Å²) in [6, 6.07) is 0. The fraction of sp³-hybridized carbons (Fsp3) is 0.421. The van der Waals surface area contributed by atoms with Crippen molar-refractivity contribution in [3.63, 3.8) is 0 Å². The van der Waals surface area contributed by atoms with Crippen LogP contribution in [0, 0.1) is 0 Å². The summed E-state index contributed by atoms with van der Waals surface area (Å²) in [5.41, 5.74) is 1.18. The second kappa shape index (κ2) is 8.68. The van der Waals surface area contributed by atoms with Gasteiger partial charge in [0.2, 0.25) is 5.91 Å². The third-order valence-electron chi connectivity index (χ3n) is 4.38. The molecule has 7 heteroatoms. The third kappa shape index (κ3) is 3.94. The minimum atomic E-state index is -0.101. The summed E-state index contributed by atoms with van der Waals surface area (Å²) in [6.07, 6.45) is 8.83. The molecule has 0 atom stereocenters. The number of aromatic nitrogens is 2. The lowest BCUT2D eigenvalue weighted by molar-refractivity contribution is -0.118. The summed E-state index contributed by atoms with van der Waals surface area (Å²) >= 11 is 2.93. The molecule has 5 nitrogen and oxygen atoms in total. The summed E-state index contributed by atoms with van der Waals surface area (Å²) in [5.74, 6) is 0.116. The van der Waals surface area contributed by atoms with E-state index in [0.717, 1.165) is 29.5 Å². The van der Waals surface area contributed by atoms with Gasteiger partial charge in [0.1, 0.15) is 4.83 Å². The van der Waals surface area contributed by atoms with Gasteiger partial charge in [-0.2, -0.15) is 0 Å². The summed E-state index contributed by atoms with van der Waals surface area (Å²) in [5, 5.41) is 4.09. The Morgan fingerprint density at radius 2 is 2.08 bits per heavy atom. The molecular formula is C19H23N3O2S2. The molecule has 2 aromatic heterocycles. The van der Waals surface area contributed by atoms with Gasteiger partial charge in [0.05, 0.1) is 11.1 Å². The smallest absolute Gasteiger partial charge is 0.263 e. The summed E-state index contributed by atoms with van der Waals surface area (Å²) in [4.78, 5) is 31.9. The molecule has 0 radical (unpaired) electrons. The number of thioether (sulfide) groups is 1. The first-order valence-electron chi connectivity index (χ1n) is 8.82. The highest BCUT2D eigenvalue weighted by atomic mass is 32.2. The molecule has 1 aliphatic carbocycles. The minimum absolute atomic E-state index is 0.0108. The molecule has 26 heavy (non-hydrogen) atoms. The number of nitrogens with one attached hydrogen (secondary N) is 1. The van der Waals surface area contributed by atoms with Crippen LogP contribution in [0.5, 0.6) is 0 Å². The molecule has 0 spiro atoms. The number of carbonyl (C=O) groups excluding carboxylic acids is 1. The molecule has 0 unspecified atom stereocenters. The standard InChI is InChI=1S/C19H23N3O2S2/c1-3-10-20-15(23)12-25-19-21-17-16(18(24)22(19)11-4-2)13-8-6-5-7-9-14(13)26-17/h3-4H,1-2,5-12H2,(H,20,23). The van der Waals surface area contributed by atoms with E-state index in [1.54, 1.807) is 28.1 Å². The topological polar surface area (TPSA) is 64.0 Å². The van der Waals surface area contributed by atoms with E-state index in [1.807, 2.05) is 0 Å². The predicted molar refractivity (Wildman–Crippen MR) is 109 cm³/mol. The lowest BCUT2D eigenvalue weighted by Gasteiger charge is -2.10. The van der Waals surface area contributed by atoms with Crippen molar-refractivity contribution < 1.29 is 4.79 Å². The number of allylic oxidation sites excluding steroid dienone is 1. The van der Waals surface area contributed by atoms with Gasteiger partial charge in [-0.25, -0.2) is 4.98 Å². The van der Waals surface area contributed by atoms with E-state index in [4.69, 9.17) is 4.98 Å². The summed E-state index contributed by atoms with van der Waals surface area (Å²) < 4.78 is 1.64. The molecule has 0 fully saturated rings. The van der Waals surface area contributed by atoms with Crippen molar-refractivity contribution >= 4 is 39.2 Å². The summed E-state index contributed by atoms with van der Waals surface area (Å²) in [7, 11) is 0. The Balaban J connectivity index is 1.99. The van der Waals surface area contributed by atoms with Crippen LogP contribution in [-0.2, 0) is 24.2 Å². The Kier molecular flexibility index (Phi) is 6.32. The lowest BCUT2D eigenvalue weighted by Crippen LogP contribution is -2.27. The van der Waals surface area contributed by atoms with Crippen molar-refractivity contribution in [2.45, 2.75) is 43.8 Å². The molecule has 0 aliphatic heterocycles. The van der Waals surface area contributed by atoms with Crippen LogP contribution >= 0.6 is 23.1 Å². The van der Waals surface area contributed by atoms with Gasteiger partial charge in [-0.3, -0.25) is 14.2 Å². The van der Waals surface area contributed by atoms with Crippen molar-refractivity contribution in [3.05, 3.63) is 46.1 Å². The second-order valence-corrected chi connectivity index (χ2v) is 8.25. The number of aryl methyl sites for hydroxylation is 2. The molecule has 0 saturated heterocycles. The van der Waals surface area contributed by atoms with E-state index in [2.05, 4.69) is 18.5 Å². The Bertz CT molecular complexity index is 898. The van der Waals surface area contributed by atoms with Crippen LogP contribution in [0.4, 0.5) is 0 Å². The lowest BCUT2D eigenvalue weighted by atomic mass is 10.1. The van der Waals surface area contributed by atoms with E-state index in [9.17, 15) is 9.59 Å². The van der Waals surface area contributed by atoms with Crippen molar-refractivity contribution in [1.82, 2.24) is 14.9 Å². The molecule has 0 bridgehead atoms. The Morgan fingerprint density at radius 3 is 2.85 bits per heavy atom. The van der Waals surface area contributed by atoms with Gasteiger partial charge in [-0.05, 0) is 31.2 Å². The van der Waals surface area contributed by atoms with Crippen LogP contribution in [0.1, 0.15) is 29.7 Å². The van der Waals surface area contributed by atoms with Crippen LogP contribution in [-0.4, -0.2) is 27.8 Å². The van der Waals surface area contributed by atoms with Crippen molar-refractivity contribution in [1.29, 1.82) is 0 Å². The van der Waals surface area contributed by atoms with Crippen LogP contribution in [0.25, 0.3) is 10.2 Å². The van der Waals surface area contributed by atoms with E-state index < -0.39 is 0 Å². The van der Waals surface area contributed by atoms with E-state index in [-0.39, 0.29) is 17.2 Å². The maximum atomic E-state index is 13.2. The highest BCUT2D eigenvalue weighted by Gasteiger charge is 2.21. The molecule has 2 heterocycles. The molecule has 0 saturated carbocycles. The minimum Gasteiger partial charge on any atom is -0.352 e. The number of thiophene rings is 1. The number of hydrogen-bond donors (Lipinski definition) is 1. The molecule has 0 aromatic carbocycles. The number of fused-ring (bicyclic) bond motifs is 3. The summed E-state index contributed by atoms with van der Waals surface area (Å²) in [6.45, 7) is 8.17. The highest BCUT2D eigenvalue weighted by molar-refractivity contribution is 7.99. The van der Waals surface area contributed by atoms with Gasteiger partial charge in [-0.1, -0.05) is 30.3 Å².